The summed E-state index contributed by atoms with van der Waals surface area (Å²) < 4.78 is 0. The number of likely N-dealkylation sites (tertiary alicyclic amines) is 2. The minimum Gasteiger partial charge on any atom is -0.372 e. The van der Waals surface area contributed by atoms with Gasteiger partial charge in [-0.3, -0.25) is 0 Å². The Bertz CT molecular complexity index is 1280. The molecule has 2 atom stereocenters. The van der Waals surface area contributed by atoms with E-state index in [1.807, 2.05) is 39.0 Å². The molecule has 0 aliphatic carbocycles. The monoisotopic (exact) mass is 452 g/mol. The van der Waals surface area contributed by atoms with Gasteiger partial charge in [0.25, 0.3) is 0 Å². The molecule has 4 rings (SSSR count). The molecule has 1 aromatic heterocycles. The molecule has 1 N–H and O–H groups in total. The average Bonchev–Trinajstić information content (AvgIpc) is 3.09. The lowest BCUT2D eigenvalue weighted by atomic mass is 9.65. The Morgan fingerprint density at radius 3 is 2.76 bits per heavy atom. The molecule has 2 radical (unpaired) electrons. The lowest BCUT2D eigenvalue weighted by Crippen LogP contribution is -2.71. The lowest BCUT2D eigenvalue weighted by molar-refractivity contribution is 0.0296. The molecule has 2 saturated heterocycles. The van der Waals surface area contributed by atoms with Gasteiger partial charge in [0.1, 0.15) is 7.85 Å². The van der Waals surface area contributed by atoms with Crippen LogP contribution >= 0.6 is 0 Å². The summed E-state index contributed by atoms with van der Waals surface area (Å²) in [5, 5.41) is 23.9. The van der Waals surface area contributed by atoms with Crippen LogP contribution in [0.3, 0.4) is 0 Å². The van der Waals surface area contributed by atoms with Gasteiger partial charge in [-0.05, 0) is 63.9 Å². The van der Waals surface area contributed by atoms with Crippen molar-refractivity contribution >= 4 is 25.8 Å². The fraction of sp³-hybridized carbons (Fsp3) is 0.444. The van der Waals surface area contributed by atoms with Crippen LogP contribution in [0.1, 0.15) is 49.1 Å². The number of benzene rings is 1. The number of nitrogens with zero attached hydrogens (tertiary/aromatic N) is 5. The molecule has 7 heteroatoms. The first-order chi connectivity index (χ1) is 16.3. The van der Waals surface area contributed by atoms with Crippen LogP contribution in [0.5, 0.6) is 0 Å². The number of nitriles is 1. The maximum Gasteiger partial charge on any atom is 0.156 e. The minimum atomic E-state index is -0.319. The number of aryl methyl sites for hydroxylation is 1. The Labute approximate surface area is 204 Å². The van der Waals surface area contributed by atoms with Crippen molar-refractivity contribution < 1.29 is 0 Å². The normalized spacial score (nSPS) is 23.6. The molecule has 2 unspecified atom stereocenters. The van der Waals surface area contributed by atoms with Crippen LogP contribution < -0.4 is 15.8 Å². The van der Waals surface area contributed by atoms with Gasteiger partial charge < -0.3 is 15.1 Å². The number of hydrogen-bond acceptors (Lipinski definition) is 6. The van der Waals surface area contributed by atoms with Crippen molar-refractivity contribution in [2.45, 2.75) is 58.6 Å². The largest absolute Gasteiger partial charge is 0.372 e. The fourth-order valence-corrected chi connectivity index (χ4v) is 5.42. The summed E-state index contributed by atoms with van der Waals surface area (Å²) in [6.07, 6.45) is 8.56. The number of likely N-dealkylation sites (N-methyl/N-ethyl adjacent to an activating group) is 1. The molecular weight excluding hydrogens is 419 g/mol. The Morgan fingerprint density at radius 2 is 2.12 bits per heavy atom. The van der Waals surface area contributed by atoms with Crippen molar-refractivity contribution in [2.24, 2.45) is 0 Å². The van der Waals surface area contributed by atoms with Crippen LogP contribution in [-0.2, 0) is 6.54 Å². The van der Waals surface area contributed by atoms with Crippen LogP contribution in [0, 0.1) is 25.2 Å². The van der Waals surface area contributed by atoms with Crippen molar-refractivity contribution in [1.29, 1.82) is 5.26 Å². The SMILES string of the molecule is [B]C12CN(C)C1CCN2C(=C\CC)/C=c1/c(NCc2cccc(C#N)c2C)nnc(C)/c1=C/C. The Morgan fingerprint density at radius 1 is 1.32 bits per heavy atom. The molecular formula is C27H33BN6. The summed E-state index contributed by atoms with van der Waals surface area (Å²) in [6.45, 7) is 10.5. The number of nitrogens with one attached hydrogen (secondary N) is 1. The molecule has 174 valence electrons. The van der Waals surface area contributed by atoms with Gasteiger partial charge in [-0.25, -0.2) is 0 Å². The highest BCUT2D eigenvalue weighted by Crippen LogP contribution is 2.41. The maximum atomic E-state index is 9.38. The van der Waals surface area contributed by atoms with Gasteiger partial charge in [-0.15, -0.1) is 5.10 Å². The van der Waals surface area contributed by atoms with E-state index >= 15 is 0 Å². The zero-order valence-electron chi connectivity index (χ0n) is 20.9. The first kappa shape index (κ1) is 24.0. The summed E-state index contributed by atoms with van der Waals surface area (Å²) in [5.74, 6) is 0.731. The summed E-state index contributed by atoms with van der Waals surface area (Å²) in [4.78, 5) is 4.72. The first-order valence-electron chi connectivity index (χ1n) is 12.0. The summed E-state index contributed by atoms with van der Waals surface area (Å²) in [5.41, 5.74) is 4.46. The summed E-state index contributed by atoms with van der Waals surface area (Å²) in [7, 11) is 9.04. The van der Waals surface area contributed by atoms with Crippen molar-refractivity contribution in [3.05, 3.63) is 62.8 Å². The topological polar surface area (TPSA) is 68.1 Å². The molecule has 2 aromatic rings. The van der Waals surface area contributed by atoms with Gasteiger partial charge in [0.15, 0.2) is 5.82 Å². The zero-order chi connectivity index (χ0) is 24.5. The molecule has 3 heterocycles. The molecule has 0 amide bonds. The highest BCUT2D eigenvalue weighted by Gasteiger charge is 2.54. The number of aromatic nitrogens is 2. The van der Waals surface area contributed by atoms with Gasteiger partial charge in [-0.2, -0.15) is 10.4 Å². The van der Waals surface area contributed by atoms with Gasteiger partial charge >= 0.3 is 0 Å². The molecule has 1 aromatic carbocycles. The predicted octanol–water partition coefficient (Wildman–Crippen LogP) is 2.34. The van der Waals surface area contributed by atoms with E-state index in [-0.39, 0.29) is 5.44 Å². The third kappa shape index (κ3) is 4.12. The third-order valence-corrected chi connectivity index (χ3v) is 7.29. The van der Waals surface area contributed by atoms with Crippen molar-refractivity contribution in [3.63, 3.8) is 0 Å². The quantitative estimate of drug-likeness (QED) is 0.679. The molecule has 2 aliphatic heterocycles. The third-order valence-electron chi connectivity index (χ3n) is 7.29. The van der Waals surface area contributed by atoms with Crippen molar-refractivity contribution in [1.82, 2.24) is 20.0 Å². The Kier molecular flexibility index (Phi) is 6.81. The summed E-state index contributed by atoms with van der Waals surface area (Å²) >= 11 is 0. The van der Waals surface area contributed by atoms with Gasteiger partial charge in [-0.1, -0.05) is 31.2 Å². The number of fused-ring (bicyclic) bond motifs is 1. The molecule has 0 saturated carbocycles. The van der Waals surface area contributed by atoms with E-state index in [2.05, 4.69) is 63.6 Å². The second kappa shape index (κ2) is 9.64. The highest BCUT2D eigenvalue weighted by atomic mass is 15.4. The number of rotatable bonds is 6. The van der Waals surface area contributed by atoms with Gasteiger partial charge in [0, 0.05) is 47.2 Å². The maximum absolute atomic E-state index is 9.38. The second-order valence-electron chi connectivity index (χ2n) is 9.35. The Balaban J connectivity index is 1.75. The fourth-order valence-electron chi connectivity index (χ4n) is 5.42. The van der Waals surface area contributed by atoms with Crippen LogP contribution in [0.4, 0.5) is 5.82 Å². The number of anilines is 1. The average molecular weight is 452 g/mol. The standard InChI is InChI=1S/C27H33BN6/c1-6-9-22(34-13-12-25-27(34,28)17-33(25)5)14-24-23(7-2)19(4)31-32-26(24)30-16-21-11-8-10-20(15-29)18(21)3/h7-11,14,25H,6,12-13,16-17H2,1-5H3,(H,30,32)/b22-9-,23-7-,24-14+. The number of allylic oxidation sites excluding steroid dienone is 2. The van der Waals surface area contributed by atoms with Crippen LogP contribution in [-0.4, -0.2) is 59.5 Å². The first-order valence-corrected chi connectivity index (χ1v) is 12.0. The molecule has 0 spiro atoms. The lowest BCUT2D eigenvalue weighted by Gasteiger charge is -2.55. The van der Waals surface area contributed by atoms with Crippen LogP contribution in [0.25, 0.3) is 12.2 Å². The van der Waals surface area contributed by atoms with E-state index in [0.717, 1.165) is 64.7 Å². The van der Waals surface area contributed by atoms with E-state index < -0.39 is 0 Å². The Hall–Kier alpha value is -3.11. The molecule has 34 heavy (non-hydrogen) atoms. The molecule has 2 aliphatic rings. The smallest absolute Gasteiger partial charge is 0.156 e. The van der Waals surface area contributed by atoms with Crippen molar-refractivity contribution in [2.75, 3.05) is 25.5 Å². The molecule has 6 nitrogen and oxygen atoms in total. The van der Waals surface area contributed by atoms with E-state index in [4.69, 9.17) is 7.85 Å². The van der Waals surface area contributed by atoms with E-state index in [0.29, 0.717) is 18.2 Å². The van der Waals surface area contributed by atoms with E-state index in [1.54, 1.807) is 0 Å². The van der Waals surface area contributed by atoms with E-state index in [9.17, 15) is 5.26 Å². The summed E-state index contributed by atoms with van der Waals surface area (Å²) in [6, 6.07) is 8.47. The number of hydrogen-bond donors (Lipinski definition) is 1. The van der Waals surface area contributed by atoms with Crippen LogP contribution in [0.15, 0.2) is 30.0 Å². The van der Waals surface area contributed by atoms with Crippen molar-refractivity contribution in [3.8, 4) is 6.07 Å². The zero-order valence-corrected chi connectivity index (χ0v) is 20.9. The molecule has 2 fully saturated rings. The highest BCUT2D eigenvalue weighted by molar-refractivity contribution is 6.17. The predicted molar refractivity (Wildman–Crippen MR) is 138 cm³/mol. The van der Waals surface area contributed by atoms with Gasteiger partial charge in [0.05, 0.1) is 17.3 Å². The van der Waals surface area contributed by atoms with Crippen LogP contribution in [0.2, 0.25) is 0 Å². The minimum absolute atomic E-state index is 0.319. The van der Waals surface area contributed by atoms with Gasteiger partial charge in [0.2, 0.25) is 0 Å². The second-order valence-corrected chi connectivity index (χ2v) is 9.35. The molecule has 0 bridgehead atoms. The van der Waals surface area contributed by atoms with E-state index in [1.165, 1.54) is 0 Å².